The number of carboxylic acid groups (broad SMARTS) is 1. The van der Waals surface area contributed by atoms with Gasteiger partial charge in [-0.1, -0.05) is 30.3 Å². The lowest BCUT2D eigenvalue weighted by atomic mass is 9.97. The molecule has 1 aliphatic rings. The van der Waals surface area contributed by atoms with Crippen molar-refractivity contribution in [3.8, 4) is 0 Å². The van der Waals surface area contributed by atoms with Crippen LogP contribution in [0.1, 0.15) is 58.4 Å². The molecule has 1 saturated heterocycles. The third-order valence-electron chi connectivity index (χ3n) is 5.47. The molecule has 0 aromatic heterocycles. The monoisotopic (exact) mass is 491 g/mol. The minimum absolute atomic E-state index is 0.121. The van der Waals surface area contributed by atoms with E-state index in [1.807, 2.05) is 30.3 Å². The van der Waals surface area contributed by atoms with Crippen molar-refractivity contribution in [3.63, 3.8) is 0 Å². The molecular weight excluding hydrogens is 454 g/mol. The predicted octanol–water partition coefficient (Wildman–Crippen LogP) is 3.30. The lowest BCUT2D eigenvalue weighted by Gasteiger charge is -2.34. The summed E-state index contributed by atoms with van der Waals surface area (Å²) in [4.78, 5) is 50.2. The largest absolute Gasteiger partial charge is 0.481 e. The molecule has 0 spiro atoms. The molecule has 2 atom stereocenters. The average molecular weight is 492 g/mol. The summed E-state index contributed by atoms with van der Waals surface area (Å²) < 4.78 is 10.5. The SMILES string of the molecule is CC(C)(C)OC(=O)N[C@H](CCCCNC(=O)OCc1ccccc1)C(=O)N1CCC[C@@H](C(=O)O)C1. The first-order valence-electron chi connectivity index (χ1n) is 12.0. The number of piperidine rings is 1. The van der Waals surface area contributed by atoms with Crippen LogP contribution in [0.25, 0.3) is 0 Å². The number of benzene rings is 1. The molecule has 1 heterocycles. The first kappa shape index (κ1) is 27.9. The van der Waals surface area contributed by atoms with Crippen molar-refractivity contribution < 1.29 is 33.8 Å². The molecule has 35 heavy (non-hydrogen) atoms. The Morgan fingerprint density at radius 2 is 1.83 bits per heavy atom. The van der Waals surface area contributed by atoms with Crippen LogP contribution in [-0.4, -0.2) is 65.3 Å². The number of carboxylic acids is 1. The summed E-state index contributed by atoms with van der Waals surface area (Å²) in [5, 5.41) is 14.6. The molecule has 1 aromatic rings. The Kier molecular flexibility index (Phi) is 10.8. The zero-order chi connectivity index (χ0) is 25.8. The Hall–Kier alpha value is -3.30. The number of nitrogens with one attached hydrogen (secondary N) is 2. The molecule has 0 unspecified atom stereocenters. The van der Waals surface area contributed by atoms with E-state index in [0.717, 1.165) is 5.56 Å². The summed E-state index contributed by atoms with van der Waals surface area (Å²) in [6.45, 7) is 6.29. The Morgan fingerprint density at radius 1 is 1.11 bits per heavy atom. The van der Waals surface area contributed by atoms with Gasteiger partial charge in [0.2, 0.25) is 5.91 Å². The number of likely N-dealkylation sites (tertiary alicyclic amines) is 1. The second-order valence-electron chi connectivity index (χ2n) is 9.64. The Bertz CT molecular complexity index is 854. The molecule has 1 fully saturated rings. The number of hydrogen-bond donors (Lipinski definition) is 3. The quantitative estimate of drug-likeness (QED) is 0.428. The Balaban J connectivity index is 1.83. The van der Waals surface area contributed by atoms with E-state index >= 15 is 0 Å². The van der Waals surface area contributed by atoms with Crippen LogP contribution in [0.4, 0.5) is 9.59 Å². The molecule has 0 saturated carbocycles. The van der Waals surface area contributed by atoms with Gasteiger partial charge in [0.05, 0.1) is 5.92 Å². The van der Waals surface area contributed by atoms with Gasteiger partial charge in [-0.3, -0.25) is 9.59 Å². The van der Waals surface area contributed by atoms with Gasteiger partial charge in [-0.25, -0.2) is 9.59 Å². The number of hydrogen-bond acceptors (Lipinski definition) is 6. The lowest BCUT2D eigenvalue weighted by molar-refractivity contribution is -0.146. The third-order valence-corrected chi connectivity index (χ3v) is 5.47. The standard InChI is InChI=1S/C25H37N3O7/c1-25(2,3)35-24(33)27-20(21(29)28-15-9-12-19(16-28)22(30)31)13-7-8-14-26-23(32)34-17-18-10-5-4-6-11-18/h4-6,10-11,19-20H,7-9,12-17H2,1-3H3,(H,26,32)(H,27,33)(H,30,31)/t19-,20-/m1/s1. The zero-order valence-corrected chi connectivity index (χ0v) is 20.7. The highest BCUT2D eigenvalue weighted by atomic mass is 16.6. The second kappa shape index (κ2) is 13.6. The zero-order valence-electron chi connectivity index (χ0n) is 20.7. The number of ether oxygens (including phenoxy) is 2. The van der Waals surface area contributed by atoms with Gasteiger partial charge in [-0.05, 0) is 58.4 Å². The number of carbonyl (C=O) groups excluding carboxylic acids is 3. The van der Waals surface area contributed by atoms with Gasteiger partial charge in [0, 0.05) is 19.6 Å². The van der Waals surface area contributed by atoms with Crippen LogP contribution in [0.3, 0.4) is 0 Å². The molecule has 3 N–H and O–H groups in total. The van der Waals surface area contributed by atoms with Crippen molar-refractivity contribution in [1.29, 1.82) is 0 Å². The molecule has 194 valence electrons. The maximum atomic E-state index is 13.1. The summed E-state index contributed by atoms with van der Waals surface area (Å²) in [5.74, 6) is -1.86. The Morgan fingerprint density at radius 3 is 2.49 bits per heavy atom. The van der Waals surface area contributed by atoms with Crippen LogP contribution in [0, 0.1) is 5.92 Å². The first-order chi connectivity index (χ1) is 16.5. The van der Waals surface area contributed by atoms with Gasteiger partial charge in [0.25, 0.3) is 0 Å². The highest BCUT2D eigenvalue weighted by molar-refractivity contribution is 5.86. The van der Waals surface area contributed by atoms with E-state index in [1.165, 1.54) is 4.90 Å². The number of unbranched alkanes of at least 4 members (excludes halogenated alkanes) is 1. The molecule has 0 aliphatic carbocycles. The molecule has 10 nitrogen and oxygen atoms in total. The van der Waals surface area contributed by atoms with Crippen molar-refractivity contribution in [2.24, 2.45) is 5.92 Å². The predicted molar refractivity (Wildman–Crippen MR) is 129 cm³/mol. The fraction of sp³-hybridized carbons (Fsp3) is 0.600. The maximum Gasteiger partial charge on any atom is 0.408 e. The second-order valence-corrected chi connectivity index (χ2v) is 9.64. The van der Waals surface area contributed by atoms with Crippen LogP contribution >= 0.6 is 0 Å². The number of aliphatic carboxylic acids is 1. The van der Waals surface area contributed by atoms with E-state index in [9.17, 15) is 24.3 Å². The number of rotatable bonds is 10. The van der Waals surface area contributed by atoms with Crippen molar-refractivity contribution >= 4 is 24.1 Å². The van der Waals surface area contributed by atoms with Gasteiger partial charge >= 0.3 is 18.2 Å². The van der Waals surface area contributed by atoms with E-state index < -0.39 is 35.7 Å². The van der Waals surface area contributed by atoms with Crippen molar-refractivity contribution in [2.45, 2.75) is 71.1 Å². The van der Waals surface area contributed by atoms with Crippen LogP contribution in [0.5, 0.6) is 0 Å². The van der Waals surface area contributed by atoms with E-state index in [2.05, 4.69) is 10.6 Å². The molecule has 3 amide bonds. The van der Waals surface area contributed by atoms with Crippen LogP contribution in [0.15, 0.2) is 30.3 Å². The van der Waals surface area contributed by atoms with Gasteiger partial charge in [0.15, 0.2) is 0 Å². The molecule has 2 rings (SSSR count). The van der Waals surface area contributed by atoms with Crippen LogP contribution < -0.4 is 10.6 Å². The number of nitrogens with zero attached hydrogens (tertiary/aromatic N) is 1. The summed E-state index contributed by atoms with van der Waals surface area (Å²) in [6.07, 6.45) is 1.32. The topological polar surface area (TPSA) is 134 Å². The molecule has 10 heteroatoms. The van der Waals surface area contributed by atoms with E-state index in [4.69, 9.17) is 9.47 Å². The number of amides is 3. The molecule has 0 radical (unpaired) electrons. The summed E-state index contributed by atoms with van der Waals surface area (Å²) in [6, 6.07) is 8.50. The normalized spacial score (nSPS) is 16.7. The Labute approximate surface area is 206 Å². The number of alkyl carbamates (subject to hydrolysis) is 2. The smallest absolute Gasteiger partial charge is 0.408 e. The molecule has 1 aliphatic heterocycles. The van der Waals surface area contributed by atoms with Crippen LogP contribution in [-0.2, 0) is 25.7 Å². The minimum atomic E-state index is -0.927. The van der Waals surface area contributed by atoms with E-state index in [-0.39, 0.29) is 19.1 Å². The van der Waals surface area contributed by atoms with Crippen molar-refractivity contribution in [2.75, 3.05) is 19.6 Å². The minimum Gasteiger partial charge on any atom is -0.481 e. The number of carbonyl (C=O) groups is 4. The maximum absolute atomic E-state index is 13.1. The van der Waals surface area contributed by atoms with E-state index in [0.29, 0.717) is 45.2 Å². The third kappa shape index (κ3) is 10.7. The highest BCUT2D eigenvalue weighted by Crippen LogP contribution is 2.19. The van der Waals surface area contributed by atoms with Gasteiger partial charge in [-0.15, -0.1) is 0 Å². The van der Waals surface area contributed by atoms with E-state index in [1.54, 1.807) is 20.8 Å². The van der Waals surface area contributed by atoms with Crippen molar-refractivity contribution in [3.05, 3.63) is 35.9 Å². The molecule has 1 aromatic carbocycles. The fourth-order valence-corrected chi connectivity index (χ4v) is 3.74. The van der Waals surface area contributed by atoms with Gasteiger partial charge in [0.1, 0.15) is 18.2 Å². The summed E-state index contributed by atoms with van der Waals surface area (Å²) in [5.41, 5.74) is 0.168. The summed E-state index contributed by atoms with van der Waals surface area (Å²) >= 11 is 0. The average Bonchev–Trinajstić information content (AvgIpc) is 2.81. The molecule has 0 bridgehead atoms. The fourth-order valence-electron chi connectivity index (χ4n) is 3.74. The highest BCUT2D eigenvalue weighted by Gasteiger charge is 2.33. The van der Waals surface area contributed by atoms with Crippen LogP contribution in [0.2, 0.25) is 0 Å². The van der Waals surface area contributed by atoms with Gasteiger partial charge < -0.3 is 30.1 Å². The van der Waals surface area contributed by atoms with Gasteiger partial charge in [-0.2, -0.15) is 0 Å². The summed E-state index contributed by atoms with van der Waals surface area (Å²) in [7, 11) is 0. The molecular formula is C25H37N3O7. The first-order valence-corrected chi connectivity index (χ1v) is 12.0. The van der Waals surface area contributed by atoms with Crippen molar-refractivity contribution in [1.82, 2.24) is 15.5 Å². The lowest BCUT2D eigenvalue weighted by Crippen LogP contribution is -2.52.